The van der Waals surface area contributed by atoms with E-state index in [9.17, 15) is 0 Å². The molecule has 0 bridgehead atoms. The van der Waals surface area contributed by atoms with E-state index in [2.05, 4.69) is 34.5 Å². The fraction of sp³-hybridized carbons (Fsp3) is 0.0526. The van der Waals surface area contributed by atoms with E-state index in [1.54, 1.807) is 12.4 Å². The van der Waals surface area contributed by atoms with Crippen molar-refractivity contribution in [2.75, 3.05) is 0 Å². The van der Waals surface area contributed by atoms with Crippen LogP contribution in [0.1, 0.15) is 11.1 Å². The van der Waals surface area contributed by atoms with Gasteiger partial charge in [0.05, 0.1) is 10.2 Å². The molecular formula is C19H16CoN6O6. The molecule has 2 aromatic heterocycles. The Hall–Kier alpha value is -4.23. The first-order chi connectivity index (χ1) is 14.9. The molecule has 167 valence electrons. The Bertz CT molecular complexity index is 967. The van der Waals surface area contributed by atoms with Crippen molar-refractivity contribution >= 4 is 0 Å². The van der Waals surface area contributed by atoms with Crippen LogP contribution < -0.4 is 0 Å². The Morgan fingerprint density at radius 3 is 1.19 bits per heavy atom. The molecule has 13 heteroatoms. The maximum absolute atomic E-state index is 8.25. The smallest absolute Gasteiger partial charge is 0.356 e. The van der Waals surface area contributed by atoms with Crippen LogP contribution in [0.25, 0.3) is 0 Å². The molecule has 0 N–H and O–H groups in total. The molecule has 4 aromatic rings. The van der Waals surface area contributed by atoms with Crippen molar-refractivity contribution in [1.82, 2.24) is 19.6 Å². The number of hydrogen-bond acceptors (Lipinski definition) is 8. The molecule has 0 saturated heterocycles. The van der Waals surface area contributed by atoms with Gasteiger partial charge in [-0.2, -0.15) is 10.2 Å². The van der Waals surface area contributed by atoms with Gasteiger partial charge in [0.15, 0.2) is 0 Å². The van der Waals surface area contributed by atoms with Gasteiger partial charge in [0.1, 0.15) is 0 Å². The summed E-state index contributed by atoms with van der Waals surface area (Å²) in [6, 6.07) is 24.5. The van der Waals surface area contributed by atoms with Crippen LogP contribution in [0.4, 0.5) is 0 Å². The van der Waals surface area contributed by atoms with Gasteiger partial charge in [0, 0.05) is 35.9 Å². The fourth-order valence-corrected chi connectivity index (χ4v) is 3.06. The molecule has 0 saturated carbocycles. The molecule has 0 atom stereocenters. The summed E-state index contributed by atoms with van der Waals surface area (Å²) in [4.78, 5) is 16.5. The van der Waals surface area contributed by atoms with E-state index in [0.29, 0.717) is 0 Å². The quantitative estimate of drug-likeness (QED) is 0.315. The van der Waals surface area contributed by atoms with Gasteiger partial charge in [0.25, 0.3) is 0 Å². The van der Waals surface area contributed by atoms with Crippen molar-refractivity contribution in [3.63, 3.8) is 0 Å². The van der Waals surface area contributed by atoms with Crippen LogP contribution in [-0.4, -0.2) is 29.7 Å². The van der Waals surface area contributed by atoms with Crippen LogP contribution >= 0.6 is 0 Å². The van der Waals surface area contributed by atoms with E-state index in [0.717, 1.165) is 11.1 Å². The molecule has 0 amide bonds. The summed E-state index contributed by atoms with van der Waals surface area (Å²) in [6.45, 7) is 0. The summed E-state index contributed by atoms with van der Waals surface area (Å²) in [6.07, 6.45) is 7.54. The second-order valence-electron chi connectivity index (χ2n) is 5.75. The van der Waals surface area contributed by atoms with Crippen LogP contribution in [0, 0.1) is 30.6 Å². The second-order valence-corrected chi connectivity index (χ2v) is 5.75. The first-order valence-electron chi connectivity index (χ1n) is 8.63. The summed E-state index contributed by atoms with van der Waals surface area (Å²) >= 11 is 0. The van der Waals surface area contributed by atoms with Gasteiger partial charge in [-0.15, -0.1) is 0 Å². The van der Waals surface area contributed by atoms with E-state index in [4.69, 9.17) is 30.6 Å². The van der Waals surface area contributed by atoms with Crippen molar-refractivity contribution in [2.45, 2.75) is 5.66 Å². The topological polar surface area (TPSA) is 168 Å². The van der Waals surface area contributed by atoms with Crippen molar-refractivity contribution in [3.05, 3.63) is 139 Å². The van der Waals surface area contributed by atoms with Crippen LogP contribution in [0.5, 0.6) is 0 Å². The van der Waals surface area contributed by atoms with Crippen molar-refractivity contribution < 1.29 is 27.0 Å². The third-order valence-corrected chi connectivity index (χ3v) is 4.02. The number of aromatic nitrogens is 4. The molecule has 12 nitrogen and oxygen atoms in total. The predicted molar refractivity (Wildman–Crippen MR) is 110 cm³/mol. The predicted octanol–water partition coefficient (Wildman–Crippen LogP) is 2.90. The average molecular weight is 483 g/mol. The van der Waals surface area contributed by atoms with E-state index >= 15 is 0 Å². The van der Waals surface area contributed by atoms with E-state index in [-0.39, 0.29) is 16.8 Å². The molecule has 1 radical (unpaired) electrons. The minimum Gasteiger partial charge on any atom is -0.356 e. The van der Waals surface area contributed by atoms with Gasteiger partial charge in [-0.3, -0.25) is 0 Å². The second kappa shape index (κ2) is 12.5. The molecule has 32 heavy (non-hydrogen) atoms. The zero-order valence-corrected chi connectivity index (χ0v) is 17.2. The summed E-state index contributed by atoms with van der Waals surface area (Å²) in [7, 11) is 0. The minimum absolute atomic E-state index is 0. The summed E-state index contributed by atoms with van der Waals surface area (Å²) in [5.41, 5.74) is 1.53. The number of nitrogens with zero attached hydrogens (tertiary/aromatic N) is 6. The van der Waals surface area contributed by atoms with Crippen LogP contribution in [0.15, 0.2) is 97.6 Å². The van der Waals surface area contributed by atoms with Gasteiger partial charge in [-0.25, -0.2) is 9.36 Å². The van der Waals surface area contributed by atoms with Gasteiger partial charge >= 0.3 is 16.8 Å². The van der Waals surface area contributed by atoms with Gasteiger partial charge in [0.2, 0.25) is 5.66 Å². The van der Waals surface area contributed by atoms with Crippen LogP contribution in [0.2, 0.25) is 0 Å². The maximum Gasteiger partial charge on any atom is 2.00 e. The molecule has 2 aromatic carbocycles. The Balaban J connectivity index is 0.000000497. The zero-order valence-electron chi connectivity index (χ0n) is 16.2. The normalized spacial score (nSPS) is 9.75. The molecule has 0 unspecified atom stereocenters. The third kappa shape index (κ3) is 6.38. The number of hydrogen-bond donors (Lipinski definition) is 0. The molecule has 0 spiro atoms. The largest absolute Gasteiger partial charge is 2.00 e. The molecule has 0 aliphatic rings. The van der Waals surface area contributed by atoms with Crippen LogP contribution in [-0.2, 0) is 22.4 Å². The molecule has 0 aliphatic heterocycles. The maximum atomic E-state index is 8.25. The Morgan fingerprint density at radius 1 is 0.625 bits per heavy atom. The standard InChI is InChI=1S/C19H16N4.Co.2NO3/c1-3-9-17(10-4-1)19(22-15-7-13-20-22,23-16-8-14-21-23)18-11-5-2-6-12-18;;2*2-1(3)4/h1-16H;;;/q;+2;2*-1. The summed E-state index contributed by atoms with van der Waals surface area (Å²) in [5, 5.41) is 38.6. The summed E-state index contributed by atoms with van der Waals surface area (Å²) in [5.74, 6) is 0. The van der Waals surface area contributed by atoms with Gasteiger partial charge in [-0.1, -0.05) is 60.7 Å². The van der Waals surface area contributed by atoms with E-state index in [1.807, 2.05) is 70.3 Å². The molecule has 2 heterocycles. The zero-order chi connectivity index (χ0) is 22.7. The fourth-order valence-electron chi connectivity index (χ4n) is 3.06. The Morgan fingerprint density at radius 2 is 0.938 bits per heavy atom. The van der Waals surface area contributed by atoms with Gasteiger partial charge < -0.3 is 30.6 Å². The monoisotopic (exact) mass is 483 g/mol. The molecule has 4 rings (SSSR count). The first-order valence-corrected chi connectivity index (χ1v) is 8.63. The Labute approximate surface area is 191 Å². The van der Waals surface area contributed by atoms with Crippen molar-refractivity contribution in [3.8, 4) is 0 Å². The minimum atomic E-state index is -1.75. The molecule has 0 aliphatic carbocycles. The van der Waals surface area contributed by atoms with Crippen molar-refractivity contribution in [2.24, 2.45) is 0 Å². The summed E-state index contributed by atoms with van der Waals surface area (Å²) < 4.78 is 3.90. The van der Waals surface area contributed by atoms with Crippen molar-refractivity contribution in [1.29, 1.82) is 0 Å². The molecular weight excluding hydrogens is 467 g/mol. The van der Waals surface area contributed by atoms with E-state index < -0.39 is 15.8 Å². The SMILES string of the molecule is O=[N+]([O-])[O-].O=[N+]([O-])[O-].[Co+2].c1ccc(C(c2ccccc2)(n2cccn2)n2cccn2)cc1. The Kier molecular flexibility index (Phi) is 10.0. The number of rotatable bonds is 4. The van der Waals surface area contributed by atoms with Gasteiger partial charge in [-0.05, 0) is 12.1 Å². The number of benzene rings is 2. The first kappa shape index (κ1) is 25.8. The molecule has 0 fully saturated rings. The third-order valence-electron chi connectivity index (χ3n) is 4.02. The van der Waals surface area contributed by atoms with Crippen LogP contribution in [0.3, 0.4) is 0 Å². The van der Waals surface area contributed by atoms with E-state index in [1.165, 1.54) is 0 Å². The average Bonchev–Trinajstić information content (AvgIpc) is 3.45.